The zero-order valence-electron chi connectivity index (χ0n) is 33.7. The van der Waals surface area contributed by atoms with Crippen molar-refractivity contribution in [1.29, 1.82) is 0 Å². The van der Waals surface area contributed by atoms with Gasteiger partial charge in [-0.05, 0) is 47.5 Å². The fourth-order valence-corrected chi connectivity index (χ4v) is 8.41. The van der Waals surface area contributed by atoms with E-state index in [9.17, 15) is 29.3 Å². The highest BCUT2D eigenvalue weighted by molar-refractivity contribution is 8.04. The number of esters is 4. The highest BCUT2D eigenvalue weighted by atomic mass is 35.5. The summed E-state index contributed by atoms with van der Waals surface area (Å²) in [5.41, 5.74) is 1.62. The van der Waals surface area contributed by atoms with Gasteiger partial charge in [0.05, 0.1) is 21.6 Å². The predicted molar refractivity (Wildman–Crippen MR) is 225 cm³/mol. The lowest BCUT2D eigenvalue weighted by molar-refractivity contribution is -0.384. The summed E-state index contributed by atoms with van der Waals surface area (Å²) >= 11 is 7.23. The number of nitrogens with zero attached hydrogens (tertiary/aromatic N) is 4. The van der Waals surface area contributed by atoms with Crippen LogP contribution in [0.3, 0.4) is 0 Å². The number of rotatable bonds is 17. The molecule has 1 aliphatic rings. The van der Waals surface area contributed by atoms with Crippen molar-refractivity contribution in [3.8, 4) is 0 Å². The summed E-state index contributed by atoms with van der Waals surface area (Å²) < 4.78 is 21.0. The normalized spacial score (nSPS) is 17.4. The van der Waals surface area contributed by atoms with Crippen LogP contribution in [0.15, 0.2) is 130 Å². The summed E-state index contributed by atoms with van der Waals surface area (Å²) in [6.45, 7) is 4.03. The van der Waals surface area contributed by atoms with Crippen molar-refractivity contribution in [3.05, 3.63) is 146 Å². The molecule has 0 saturated carbocycles. The molecule has 0 fully saturated rings. The Labute approximate surface area is 360 Å². The van der Waals surface area contributed by atoms with Gasteiger partial charge < -0.3 is 29.2 Å². The zero-order valence-corrected chi connectivity index (χ0v) is 35.3. The molecule has 0 aromatic heterocycles. The van der Waals surface area contributed by atoms with Gasteiger partial charge in [0.2, 0.25) is 5.91 Å². The Kier molecular flexibility index (Phi) is 15.4. The smallest absolute Gasteiger partial charge is 0.303 e. The summed E-state index contributed by atoms with van der Waals surface area (Å²) in [4.78, 5) is 79.6. The second-order valence-electron chi connectivity index (χ2n) is 13.7. The standard InChI is InChI=1S/C43H42ClN5O11S/c1-26(50)57-25-36(58-27(2)51)39(59-28(3)52)40(60-29(4)53)37-38(47-46-34-18-16-32(44)17-19-34)41(48(5)24-30-12-8-6-9-13-30)61-43(37,31-14-10-7-11-15-31)42(54)45-33-20-22-35(23-21-33)49(55)56/h6-23,36-37,39-40H,24-25H2,1-5H3,(H,45,54)/t36-,37-,39-,40-,43-/m1/s1. The van der Waals surface area contributed by atoms with Crippen LogP contribution in [0.5, 0.6) is 0 Å². The van der Waals surface area contributed by atoms with E-state index in [1.807, 2.05) is 35.2 Å². The van der Waals surface area contributed by atoms with Gasteiger partial charge in [-0.2, -0.15) is 10.2 Å². The maximum absolute atomic E-state index is 15.5. The van der Waals surface area contributed by atoms with Crippen molar-refractivity contribution in [1.82, 2.24) is 4.90 Å². The monoisotopic (exact) mass is 871 g/mol. The minimum Gasteiger partial charge on any atom is -0.462 e. The van der Waals surface area contributed by atoms with Crippen LogP contribution in [0.25, 0.3) is 0 Å². The minimum absolute atomic E-state index is 0.0820. The molecular formula is C43H42ClN5O11S. The molecule has 0 unspecified atom stereocenters. The van der Waals surface area contributed by atoms with Gasteiger partial charge in [-0.15, -0.1) is 0 Å². The van der Waals surface area contributed by atoms with Gasteiger partial charge in [0.1, 0.15) is 17.1 Å². The van der Waals surface area contributed by atoms with Gasteiger partial charge in [0.15, 0.2) is 18.3 Å². The van der Waals surface area contributed by atoms with E-state index in [1.54, 1.807) is 61.6 Å². The van der Waals surface area contributed by atoms with Crippen molar-refractivity contribution >= 4 is 70.2 Å². The van der Waals surface area contributed by atoms with Crippen LogP contribution in [0.4, 0.5) is 17.1 Å². The molecule has 1 heterocycles. The first kappa shape index (κ1) is 45.5. The summed E-state index contributed by atoms with van der Waals surface area (Å²) in [6.07, 6.45) is -5.07. The molecule has 318 valence electrons. The third-order valence-electron chi connectivity index (χ3n) is 9.19. The number of nitro benzene ring substituents is 1. The molecule has 0 spiro atoms. The van der Waals surface area contributed by atoms with Crippen LogP contribution >= 0.6 is 23.4 Å². The topological polar surface area (TPSA) is 205 Å². The number of ether oxygens (including phenoxy) is 4. The average Bonchev–Trinajstić information content (AvgIpc) is 3.57. The largest absolute Gasteiger partial charge is 0.462 e. The van der Waals surface area contributed by atoms with Crippen molar-refractivity contribution in [2.24, 2.45) is 16.1 Å². The molecule has 1 aliphatic heterocycles. The molecule has 1 N–H and O–H groups in total. The fraction of sp³-hybridized carbons (Fsp3) is 0.279. The lowest BCUT2D eigenvalue weighted by atomic mass is 9.76. The number of hydrogen-bond acceptors (Lipinski definition) is 15. The van der Waals surface area contributed by atoms with Crippen LogP contribution in [0, 0.1) is 16.0 Å². The predicted octanol–water partition coefficient (Wildman–Crippen LogP) is 7.89. The number of hydrogen-bond donors (Lipinski definition) is 1. The van der Waals surface area contributed by atoms with E-state index in [2.05, 4.69) is 10.4 Å². The Morgan fingerprint density at radius 2 is 1.39 bits per heavy atom. The first-order valence-electron chi connectivity index (χ1n) is 18.7. The summed E-state index contributed by atoms with van der Waals surface area (Å²) in [5.74, 6) is -5.59. The number of nitrogens with one attached hydrogen (secondary N) is 1. The molecule has 61 heavy (non-hydrogen) atoms. The molecule has 4 aromatic carbocycles. The zero-order chi connectivity index (χ0) is 44.3. The number of halogens is 1. The molecule has 5 rings (SSSR count). The second kappa shape index (κ2) is 20.6. The van der Waals surface area contributed by atoms with Crippen molar-refractivity contribution in [3.63, 3.8) is 0 Å². The molecule has 4 aromatic rings. The number of thioether (sulfide) groups is 1. The Morgan fingerprint density at radius 3 is 1.95 bits per heavy atom. The summed E-state index contributed by atoms with van der Waals surface area (Å²) in [6, 6.07) is 29.5. The summed E-state index contributed by atoms with van der Waals surface area (Å²) in [7, 11) is 1.77. The highest BCUT2D eigenvalue weighted by Crippen LogP contribution is 2.60. The molecule has 0 bridgehead atoms. The Balaban J connectivity index is 1.87. The number of anilines is 1. The number of non-ortho nitro benzene ring substituents is 1. The van der Waals surface area contributed by atoms with Gasteiger partial charge >= 0.3 is 23.9 Å². The Hall–Kier alpha value is -6.59. The molecule has 0 saturated heterocycles. The van der Waals surface area contributed by atoms with Crippen molar-refractivity contribution in [2.45, 2.75) is 57.3 Å². The van der Waals surface area contributed by atoms with Crippen molar-refractivity contribution < 1.29 is 47.8 Å². The molecular weight excluding hydrogens is 830 g/mol. The van der Waals surface area contributed by atoms with E-state index in [1.165, 1.54) is 24.3 Å². The first-order chi connectivity index (χ1) is 29.1. The second-order valence-corrected chi connectivity index (χ2v) is 15.4. The SMILES string of the molecule is CC(=O)OC[C@@H](OC(C)=O)[C@@H](OC(C)=O)[C@H](OC(C)=O)[C@H]1C(N=Nc2ccc(Cl)cc2)=C(N(C)Cc2ccccc2)S[C@]1(C(=O)Nc1ccc([N+](=O)[O-])cc1)c1ccccc1. The van der Waals surface area contributed by atoms with Crippen LogP contribution in [-0.4, -0.2) is 71.6 Å². The fourth-order valence-electron chi connectivity index (χ4n) is 6.71. The van der Waals surface area contributed by atoms with E-state index in [-0.39, 0.29) is 23.6 Å². The van der Waals surface area contributed by atoms with Gasteiger partial charge in [-0.3, -0.25) is 34.1 Å². The molecule has 18 heteroatoms. The van der Waals surface area contributed by atoms with Crippen LogP contribution in [-0.2, 0) is 54.2 Å². The number of azo groups is 1. The number of benzene rings is 4. The van der Waals surface area contributed by atoms with Gasteiger partial charge in [0, 0.05) is 64.1 Å². The minimum atomic E-state index is -1.92. The van der Waals surface area contributed by atoms with Gasteiger partial charge in [0.25, 0.3) is 5.69 Å². The quantitative estimate of drug-likeness (QED) is 0.0353. The molecule has 16 nitrogen and oxygen atoms in total. The van der Waals surface area contributed by atoms with E-state index in [0.29, 0.717) is 21.3 Å². The van der Waals surface area contributed by atoms with Crippen LogP contribution < -0.4 is 5.32 Å². The molecule has 0 aliphatic carbocycles. The maximum Gasteiger partial charge on any atom is 0.303 e. The third kappa shape index (κ3) is 11.6. The lowest BCUT2D eigenvalue weighted by Crippen LogP contribution is -2.56. The number of carbonyl (C=O) groups is 5. The Bertz CT molecular complexity index is 2300. The van der Waals surface area contributed by atoms with Crippen LogP contribution in [0.2, 0.25) is 5.02 Å². The van der Waals surface area contributed by atoms with Gasteiger partial charge in [-0.25, -0.2) is 0 Å². The van der Waals surface area contributed by atoms with Gasteiger partial charge in [-0.1, -0.05) is 84.0 Å². The third-order valence-corrected chi connectivity index (χ3v) is 11.1. The van der Waals surface area contributed by atoms with E-state index in [4.69, 9.17) is 35.7 Å². The first-order valence-corrected chi connectivity index (χ1v) is 19.9. The Morgan fingerprint density at radius 1 is 0.803 bits per heavy atom. The van der Waals surface area contributed by atoms with Crippen LogP contribution in [0.1, 0.15) is 38.8 Å². The van der Waals surface area contributed by atoms with E-state index >= 15 is 4.79 Å². The molecule has 5 atom stereocenters. The lowest BCUT2D eigenvalue weighted by Gasteiger charge is -2.41. The highest BCUT2D eigenvalue weighted by Gasteiger charge is 2.63. The number of carbonyl (C=O) groups excluding carboxylic acids is 5. The summed E-state index contributed by atoms with van der Waals surface area (Å²) in [5, 5.41) is 24.6. The number of nitro groups is 1. The van der Waals surface area contributed by atoms with E-state index < -0.39 is 70.3 Å². The maximum atomic E-state index is 15.5. The number of amides is 1. The average molecular weight is 872 g/mol. The molecule has 0 radical (unpaired) electrons. The van der Waals surface area contributed by atoms with E-state index in [0.717, 1.165) is 45.0 Å². The molecule has 1 amide bonds. The van der Waals surface area contributed by atoms with Crippen molar-refractivity contribution in [2.75, 3.05) is 19.0 Å².